The second-order valence-electron chi connectivity index (χ2n) is 8.10. The van der Waals surface area contributed by atoms with Crippen molar-refractivity contribution < 1.29 is 29.0 Å². The van der Waals surface area contributed by atoms with Crippen LogP contribution in [0, 0.1) is 5.92 Å². The maximum absolute atomic E-state index is 13.1. The van der Waals surface area contributed by atoms with Crippen molar-refractivity contribution in [2.45, 2.75) is 76.8 Å². The third-order valence-corrected chi connectivity index (χ3v) is 7.91. The molecule has 0 unspecified atom stereocenters. The lowest BCUT2D eigenvalue weighted by Gasteiger charge is -2.30. The van der Waals surface area contributed by atoms with Crippen LogP contribution >= 0.6 is 21.6 Å². The molecule has 2 rings (SSSR count). The first-order chi connectivity index (χ1) is 15.2. The number of nitrogens with one attached hydrogen (secondary N) is 3. The van der Waals surface area contributed by atoms with Gasteiger partial charge in [-0.15, -0.1) is 0 Å². The summed E-state index contributed by atoms with van der Waals surface area (Å²) in [4.78, 5) is 50.7. The normalized spacial score (nSPS) is 33.3. The van der Waals surface area contributed by atoms with E-state index in [0.29, 0.717) is 18.6 Å². The number of carbonyl (C=O) groups excluding carboxylic acids is 4. The number of hydrogen-bond acceptors (Lipinski definition) is 8. The number of ether oxygens (including phenoxy) is 1. The number of esters is 1. The van der Waals surface area contributed by atoms with Crippen LogP contribution in [0.25, 0.3) is 0 Å². The van der Waals surface area contributed by atoms with E-state index in [1.54, 1.807) is 16.9 Å². The first kappa shape index (κ1) is 26.5. The Bertz CT molecular complexity index is 720. The number of carbonyl (C=O) groups is 4. The number of aliphatic hydroxyl groups excluding tert-OH is 1. The molecule has 3 amide bonds. The fraction of sp³-hybridized carbons (Fsp3) is 0.714. The molecule has 0 aliphatic carbocycles. The molecular weight excluding hydrogens is 454 g/mol. The summed E-state index contributed by atoms with van der Waals surface area (Å²) in [6.07, 6.45) is 2.41. The predicted molar refractivity (Wildman–Crippen MR) is 125 cm³/mol. The molecule has 32 heavy (non-hydrogen) atoms. The Hall–Kier alpha value is -1.72. The minimum Gasteiger partial charge on any atom is -0.457 e. The number of fused-ring (bicyclic) bond motifs is 7. The van der Waals surface area contributed by atoms with Crippen LogP contribution in [-0.4, -0.2) is 70.6 Å². The molecule has 4 N–H and O–H groups in total. The maximum atomic E-state index is 13.1. The van der Waals surface area contributed by atoms with Gasteiger partial charge < -0.3 is 25.8 Å². The fourth-order valence-corrected chi connectivity index (χ4v) is 5.52. The van der Waals surface area contributed by atoms with Gasteiger partial charge in [0.05, 0.1) is 25.0 Å². The van der Waals surface area contributed by atoms with Crippen LogP contribution in [-0.2, 0) is 23.9 Å². The lowest BCUT2D eigenvalue weighted by molar-refractivity contribution is -0.151. The maximum Gasteiger partial charge on any atom is 0.309 e. The van der Waals surface area contributed by atoms with Crippen LogP contribution in [0.1, 0.15) is 46.5 Å². The highest BCUT2D eigenvalue weighted by Crippen LogP contribution is 2.24. The van der Waals surface area contributed by atoms with Crippen molar-refractivity contribution in [2.24, 2.45) is 5.92 Å². The van der Waals surface area contributed by atoms with E-state index in [2.05, 4.69) is 16.0 Å². The first-order valence-electron chi connectivity index (χ1n) is 10.9. The van der Waals surface area contributed by atoms with E-state index >= 15 is 0 Å². The van der Waals surface area contributed by atoms with Crippen LogP contribution in [0.15, 0.2) is 12.2 Å². The smallest absolute Gasteiger partial charge is 0.309 e. The van der Waals surface area contributed by atoms with Gasteiger partial charge in [0, 0.05) is 11.5 Å². The zero-order valence-corrected chi connectivity index (χ0v) is 20.3. The summed E-state index contributed by atoms with van der Waals surface area (Å²) < 4.78 is 5.46. The predicted octanol–water partition coefficient (Wildman–Crippen LogP) is 0.915. The van der Waals surface area contributed by atoms with E-state index < -0.39 is 54.0 Å². The van der Waals surface area contributed by atoms with Crippen molar-refractivity contribution >= 4 is 45.3 Å². The largest absolute Gasteiger partial charge is 0.457 e. The summed E-state index contributed by atoms with van der Waals surface area (Å²) in [6.45, 7) is 5.33. The quantitative estimate of drug-likeness (QED) is 0.257. The summed E-state index contributed by atoms with van der Waals surface area (Å²) in [5.41, 5.74) is 0. The fourth-order valence-electron chi connectivity index (χ4n) is 3.37. The lowest BCUT2D eigenvalue weighted by Crippen LogP contribution is -2.57. The van der Waals surface area contributed by atoms with E-state index in [0.717, 1.165) is 5.75 Å². The highest BCUT2D eigenvalue weighted by molar-refractivity contribution is 8.76. The Labute approximate surface area is 196 Å². The van der Waals surface area contributed by atoms with Crippen LogP contribution < -0.4 is 16.0 Å². The van der Waals surface area contributed by atoms with E-state index in [1.165, 1.54) is 17.7 Å². The van der Waals surface area contributed by atoms with Gasteiger partial charge >= 0.3 is 5.97 Å². The van der Waals surface area contributed by atoms with Crippen molar-refractivity contribution in [1.29, 1.82) is 0 Å². The topological polar surface area (TPSA) is 134 Å². The Morgan fingerprint density at radius 1 is 1.12 bits per heavy atom. The minimum atomic E-state index is -1.17. The zero-order chi connectivity index (χ0) is 23.7. The number of aliphatic hydroxyl groups is 1. The molecule has 1 saturated heterocycles. The zero-order valence-electron chi connectivity index (χ0n) is 18.7. The van der Waals surface area contributed by atoms with Crippen molar-refractivity contribution in [2.75, 3.05) is 11.5 Å². The molecule has 9 nitrogen and oxygen atoms in total. The molecule has 0 radical (unpaired) electrons. The van der Waals surface area contributed by atoms with E-state index in [4.69, 9.17) is 4.74 Å². The molecule has 180 valence electrons. The Balaban J connectivity index is 2.43. The molecule has 2 aliphatic heterocycles. The van der Waals surface area contributed by atoms with Crippen molar-refractivity contribution in [3.05, 3.63) is 12.2 Å². The number of hydrogen-bond donors (Lipinski definition) is 4. The molecule has 0 aromatic carbocycles. The van der Waals surface area contributed by atoms with Gasteiger partial charge in [-0.3, -0.25) is 19.2 Å². The second kappa shape index (κ2) is 13.1. The van der Waals surface area contributed by atoms with E-state index in [9.17, 15) is 24.3 Å². The number of rotatable bonds is 2. The molecule has 0 spiro atoms. The molecule has 0 aromatic rings. The van der Waals surface area contributed by atoms with Gasteiger partial charge in [-0.25, -0.2) is 0 Å². The summed E-state index contributed by atoms with van der Waals surface area (Å²) in [6, 6.07) is -2.42. The van der Waals surface area contributed by atoms with Gasteiger partial charge in [0.1, 0.15) is 18.2 Å². The Morgan fingerprint density at radius 2 is 1.88 bits per heavy atom. The number of allylic oxidation sites excluding steroid dienone is 1. The first-order valence-corrected chi connectivity index (χ1v) is 13.4. The average molecular weight is 488 g/mol. The van der Waals surface area contributed by atoms with Crippen LogP contribution in [0.4, 0.5) is 0 Å². The highest BCUT2D eigenvalue weighted by Gasteiger charge is 2.33. The molecule has 6 atom stereocenters. The molecule has 0 saturated carbocycles. The van der Waals surface area contributed by atoms with Crippen LogP contribution in [0.3, 0.4) is 0 Å². The third kappa shape index (κ3) is 8.32. The van der Waals surface area contributed by atoms with E-state index in [-0.39, 0.29) is 18.8 Å². The summed E-state index contributed by atoms with van der Waals surface area (Å²) >= 11 is 0. The van der Waals surface area contributed by atoms with Crippen molar-refractivity contribution in [3.8, 4) is 0 Å². The van der Waals surface area contributed by atoms with Crippen LogP contribution in [0.2, 0.25) is 0 Å². The molecule has 11 heteroatoms. The van der Waals surface area contributed by atoms with Crippen molar-refractivity contribution in [1.82, 2.24) is 16.0 Å². The third-order valence-electron chi connectivity index (χ3n) is 5.47. The monoisotopic (exact) mass is 487 g/mol. The summed E-state index contributed by atoms with van der Waals surface area (Å²) in [5.74, 6) is -1.09. The molecule has 2 aliphatic rings. The molecule has 1 fully saturated rings. The van der Waals surface area contributed by atoms with Gasteiger partial charge in [-0.2, -0.15) is 0 Å². The van der Waals surface area contributed by atoms with E-state index in [1.807, 2.05) is 19.9 Å². The van der Waals surface area contributed by atoms with Gasteiger partial charge in [-0.05, 0) is 25.3 Å². The highest BCUT2D eigenvalue weighted by atomic mass is 33.1. The van der Waals surface area contributed by atoms with Gasteiger partial charge in [0.2, 0.25) is 17.7 Å². The van der Waals surface area contributed by atoms with Gasteiger partial charge in [0.25, 0.3) is 0 Å². The summed E-state index contributed by atoms with van der Waals surface area (Å²) in [5, 5.41) is 18.9. The SMILES string of the molecule is CC[C@H](C)[C@@H]1NC(=O)[C@@H]2CSSCC/C=C/[C@@H](CC(=O)N[C@H](C)C(=O)N2)OC(=O)C[C@H]1O. The average Bonchev–Trinajstić information content (AvgIpc) is 2.73. The Kier molecular flexibility index (Phi) is 10.9. The van der Waals surface area contributed by atoms with Gasteiger partial charge in [0.15, 0.2) is 0 Å². The Morgan fingerprint density at radius 3 is 2.59 bits per heavy atom. The minimum absolute atomic E-state index is 0.118. The van der Waals surface area contributed by atoms with Gasteiger partial charge in [-0.1, -0.05) is 47.9 Å². The van der Waals surface area contributed by atoms with Crippen LogP contribution in [0.5, 0.6) is 0 Å². The molecular formula is C21H33N3O6S2. The lowest BCUT2D eigenvalue weighted by atomic mass is 9.92. The van der Waals surface area contributed by atoms with Crippen molar-refractivity contribution in [3.63, 3.8) is 0 Å². The standard InChI is InChI=1S/C21H33N3O6S2/c1-4-12(2)19-16(25)10-18(27)30-14-7-5-6-8-31-32-11-15(21(29)24-19)23-20(28)13(3)22-17(26)9-14/h5,7,12-16,19,25H,4,6,8-11H2,1-3H3,(H,22,26)(H,23,28)(H,24,29)/b7-5+/t12-,13+,14-,15-,16+,19-/m0/s1. The summed E-state index contributed by atoms with van der Waals surface area (Å²) in [7, 11) is 3.03. The second-order valence-corrected chi connectivity index (χ2v) is 10.7. The number of amides is 3. The molecule has 2 heterocycles. The molecule has 0 aromatic heterocycles. The molecule has 2 bridgehead atoms.